The second kappa shape index (κ2) is 11.1. The maximum Gasteiger partial charge on any atom is 0.264 e. The van der Waals surface area contributed by atoms with Crippen LogP contribution in [0.15, 0.2) is 71.1 Å². The molecule has 35 heavy (non-hydrogen) atoms. The molecule has 7 nitrogen and oxygen atoms in total. The molecule has 2 aromatic carbocycles. The van der Waals surface area contributed by atoms with Gasteiger partial charge < -0.3 is 18.5 Å². The van der Waals surface area contributed by atoms with Gasteiger partial charge in [0.25, 0.3) is 10.1 Å². The minimum atomic E-state index is -3.47. The lowest BCUT2D eigenvalue weighted by Gasteiger charge is -2.18. The van der Waals surface area contributed by atoms with Crippen LogP contribution in [-0.4, -0.2) is 39.1 Å². The Morgan fingerprint density at radius 1 is 1.00 bits per heavy atom. The van der Waals surface area contributed by atoms with E-state index in [1.807, 2.05) is 55.5 Å². The summed E-state index contributed by atoms with van der Waals surface area (Å²) in [7, 11) is -3.47. The molecule has 0 radical (unpaired) electrons. The molecule has 8 heteroatoms. The second-order valence-electron chi connectivity index (χ2n) is 8.34. The fourth-order valence-electron chi connectivity index (χ4n) is 4.08. The van der Waals surface area contributed by atoms with E-state index >= 15 is 0 Å². The van der Waals surface area contributed by atoms with Crippen LogP contribution in [0.2, 0.25) is 0 Å². The maximum absolute atomic E-state index is 11.2. The van der Waals surface area contributed by atoms with Gasteiger partial charge in [0.05, 0.1) is 31.2 Å². The molecular formula is C27H31NO6S. The van der Waals surface area contributed by atoms with Crippen molar-refractivity contribution in [3.05, 3.63) is 78.0 Å². The van der Waals surface area contributed by atoms with Gasteiger partial charge in [0.1, 0.15) is 17.9 Å². The summed E-state index contributed by atoms with van der Waals surface area (Å²) in [6.45, 7) is 5.75. The molecule has 186 valence electrons. The van der Waals surface area contributed by atoms with Gasteiger partial charge in [0.2, 0.25) is 0 Å². The van der Waals surface area contributed by atoms with E-state index < -0.39 is 10.1 Å². The summed E-state index contributed by atoms with van der Waals surface area (Å²) < 4.78 is 47.3. The Labute approximate surface area is 206 Å². The van der Waals surface area contributed by atoms with Gasteiger partial charge in [-0.15, -0.1) is 0 Å². The predicted molar refractivity (Wildman–Crippen MR) is 136 cm³/mol. The van der Waals surface area contributed by atoms with Crippen molar-refractivity contribution in [2.45, 2.75) is 32.9 Å². The lowest BCUT2D eigenvalue weighted by Crippen LogP contribution is -2.12. The minimum Gasteiger partial charge on any atom is -0.492 e. The first-order valence-electron chi connectivity index (χ1n) is 11.7. The van der Waals surface area contributed by atoms with Crippen LogP contribution in [0.3, 0.4) is 0 Å². The van der Waals surface area contributed by atoms with E-state index in [2.05, 4.69) is 29.7 Å². The van der Waals surface area contributed by atoms with E-state index in [0.29, 0.717) is 26.2 Å². The molecule has 4 aromatic rings. The van der Waals surface area contributed by atoms with Crippen molar-refractivity contribution in [1.82, 2.24) is 4.57 Å². The largest absolute Gasteiger partial charge is 0.492 e. The molecule has 0 saturated carbocycles. The lowest BCUT2D eigenvalue weighted by molar-refractivity contribution is 0.0466. The predicted octanol–water partition coefficient (Wildman–Crippen LogP) is 5.73. The van der Waals surface area contributed by atoms with Crippen LogP contribution in [0, 0.1) is 6.92 Å². The number of rotatable bonds is 12. The number of ether oxygens (including phenoxy) is 2. The quantitative estimate of drug-likeness (QED) is 0.233. The van der Waals surface area contributed by atoms with Crippen LogP contribution in [-0.2, 0) is 25.6 Å². The Kier molecular flexibility index (Phi) is 7.95. The highest BCUT2D eigenvalue weighted by molar-refractivity contribution is 7.85. The molecule has 4 rings (SSSR count). The highest BCUT2D eigenvalue weighted by Gasteiger charge is 2.15. The van der Waals surface area contributed by atoms with Crippen LogP contribution in [0.25, 0.3) is 22.4 Å². The Morgan fingerprint density at radius 3 is 2.49 bits per heavy atom. The molecule has 1 unspecified atom stereocenters. The molecule has 2 aromatic heterocycles. The van der Waals surface area contributed by atoms with E-state index in [-0.39, 0.29) is 12.7 Å². The first kappa shape index (κ1) is 25.0. The van der Waals surface area contributed by atoms with Gasteiger partial charge in [0.15, 0.2) is 5.76 Å². The second-order valence-corrected chi connectivity index (χ2v) is 9.98. The molecule has 0 aliphatic heterocycles. The monoisotopic (exact) mass is 497 g/mol. The molecule has 0 aliphatic carbocycles. The van der Waals surface area contributed by atoms with E-state index in [1.165, 1.54) is 0 Å². The molecule has 2 heterocycles. The standard InChI is InChI=1S/C27H31NO6S/c1-4-31-25(15-17-33-35(3,29)30)21-10-12-23(13-11-21)32-18-16-28-20(2)9-14-24(28)27-19-22-7-5-6-8-26(22)34-27/h5-14,19,25H,4,15-18H2,1-3H3. The van der Waals surface area contributed by atoms with Gasteiger partial charge in [-0.3, -0.25) is 4.18 Å². The summed E-state index contributed by atoms with van der Waals surface area (Å²) in [6.07, 6.45) is 1.24. The van der Waals surface area contributed by atoms with Crippen LogP contribution < -0.4 is 4.74 Å². The van der Waals surface area contributed by atoms with Crippen molar-refractivity contribution < 1.29 is 26.5 Å². The average Bonchev–Trinajstić information content (AvgIpc) is 3.41. The van der Waals surface area contributed by atoms with Crippen LogP contribution in [0.4, 0.5) is 0 Å². The zero-order valence-electron chi connectivity index (χ0n) is 20.3. The van der Waals surface area contributed by atoms with E-state index in [0.717, 1.165) is 45.7 Å². The van der Waals surface area contributed by atoms with Crippen LogP contribution >= 0.6 is 0 Å². The lowest BCUT2D eigenvalue weighted by atomic mass is 10.1. The molecule has 0 N–H and O–H groups in total. The number of hydrogen-bond donors (Lipinski definition) is 0. The summed E-state index contributed by atoms with van der Waals surface area (Å²) in [5, 5.41) is 1.08. The van der Waals surface area contributed by atoms with Gasteiger partial charge >= 0.3 is 0 Å². The number of para-hydroxylation sites is 1. The summed E-state index contributed by atoms with van der Waals surface area (Å²) >= 11 is 0. The minimum absolute atomic E-state index is 0.0749. The van der Waals surface area contributed by atoms with Gasteiger partial charge in [-0.2, -0.15) is 8.42 Å². The number of aromatic nitrogens is 1. The third kappa shape index (κ3) is 6.54. The van der Waals surface area contributed by atoms with Gasteiger partial charge in [0, 0.05) is 24.1 Å². The smallest absolute Gasteiger partial charge is 0.264 e. The highest BCUT2D eigenvalue weighted by Crippen LogP contribution is 2.29. The highest BCUT2D eigenvalue weighted by atomic mass is 32.2. The molecule has 0 bridgehead atoms. The normalized spacial score (nSPS) is 12.8. The first-order valence-corrected chi connectivity index (χ1v) is 13.5. The van der Waals surface area contributed by atoms with Crippen LogP contribution in [0.5, 0.6) is 5.75 Å². The average molecular weight is 498 g/mol. The molecular weight excluding hydrogens is 466 g/mol. The van der Waals surface area contributed by atoms with E-state index in [1.54, 1.807) is 0 Å². The fourth-order valence-corrected chi connectivity index (χ4v) is 4.48. The van der Waals surface area contributed by atoms with E-state index in [9.17, 15) is 8.42 Å². The molecule has 0 aliphatic rings. The molecule has 0 spiro atoms. The Balaban J connectivity index is 1.37. The Morgan fingerprint density at radius 2 is 1.77 bits per heavy atom. The fraction of sp³-hybridized carbons (Fsp3) is 0.333. The molecule has 0 saturated heterocycles. The third-order valence-electron chi connectivity index (χ3n) is 5.76. The Bertz CT molecular complexity index is 1320. The van der Waals surface area contributed by atoms with Gasteiger partial charge in [-0.25, -0.2) is 0 Å². The number of nitrogens with zero attached hydrogens (tertiary/aromatic N) is 1. The number of furan rings is 1. The zero-order valence-corrected chi connectivity index (χ0v) is 21.1. The molecule has 1 atom stereocenters. The third-order valence-corrected chi connectivity index (χ3v) is 6.35. The SMILES string of the molecule is CCOC(CCOS(C)(=O)=O)c1ccc(OCCn2c(C)ccc2-c2cc3ccccc3o2)cc1. The zero-order chi connectivity index (χ0) is 24.8. The van der Waals surface area contributed by atoms with Gasteiger partial charge in [-0.1, -0.05) is 30.3 Å². The molecule has 0 fully saturated rings. The topological polar surface area (TPSA) is 79.9 Å². The van der Waals surface area contributed by atoms with Crippen molar-refractivity contribution in [2.24, 2.45) is 0 Å². The summed E-state index contributed by atoms with van der Waals surface area (Å²) in [6, 6.07) is 21.9. The number of benzene rings is 2. The number of aryl methyl sites for hydroxylation is 1. The summed E-state index contributed by atoms with van der Waals surface area (Å²) in [4.78, 5) is 0. The van der Waals surface area contributed by atoms with E-state index in [4.69, 9.17) is 18.1 Å². The van der Waals surface area contributed by atoms with Crippen molar-refractivity contribution in [1.29, 1.82) is 0 Å². The Hall–Kier alpha value is -3.07. The van der Waals surface area contributed by atoms with Crippen molar-refractivity contribution in [3.63, 3.8) is 0 Å². The van der Waals surface area contributed by atoms with Crippen LogP contribution in [0.1, 0.15) is 30.7 Å². The van der Waals surface area contributed by atoms with Crippen molar-refractivity contribution >= 4 is 21.1 Å². The maximum atomic E-state index is 11.2. The summed E-state index contributed by atoms with van der Waals surface area (Å²) in [5.41, 5.74) is 3.98. The van der Waals surface area contributed by atoms with Crippen molar-refractivity contribution in [2.75, 3.05) is 26.1 Å². The first-order chi connectivity index (χ1) is 16.8. The van der Waals surface area contributed by atoms with Gasteiger partial charge in [-0.05, 0) is 55.8 Å². The number of fused-ring (bicyclic) bond motifs is 1. The van der Waals surface area contributed by atoms with Crippen molar-refractivity contribution in [3.8, 4) is 17.2 Å². The number of hydrogen-bond acceptors (Lipinski definition) is 6. The summed E-state index contributed by atoms with van der Waals surface area (Å²) in [5.74, 6) is 1.59. The molecule has 0 amide bonds.